The molecular formula is C21H15NO2. The van der Waals surface area contributed by atoms with Crippen molar-refractivity contribution >= 4 is 28.3 Å². The van der Waals surface area contributed by atoms with E-state index in [2.05, 4.69) is 4.99 Å². The highest BCUT2D eigenvalue weighted by Crippen LogP contribution is 2.31. The minimum absolute atomic E-state index is 0.0899. The van der Waals surface area contributed by atoms with Crippen LogP contribution in [0, 0.1) is 6.92 Å². The number of rotatable bonds is 2. The summed E-state index contributed by atoms with van der Waals surface area (Å²) in [6, 6.07) is 19.0. The Balaban J connectivity index is 1.79. The lowest BCUT2D eigenvalue weighted by Crippen LogP contribution is -2.26. The molecular weight excluding hydrogens is 298 g/mol. The number of carbonyl (C=O) groups excluding carboxylic acids is 1. The molecule has 0 amide bonds. The molecule has 0 radical (unpaired) electrons. The van der Waals surface area contributed by atoms with Crippen LogP contribution in [0.25, 0.3) is 16.8 Å². The standard InChI is InChI=1S/C21H15NO2/c1-13-5-4-7-15(11-13)20-21(24)18(22-20)12-17-16-8-3-2-6-14(16)9-10-19(17)23/h2-12,23H,1H3/b18-12+. The average Bonchev–Trinajstić information content (AvgIpc) is 2.59. The zero-order valence-electron chi connectivity index (χ0n) is 13.2. The maximum atomic E-state index is 12.4. The Morgan fingerprint density at radius 3 is 2.62 bits per heavy atom. The van der Waals surface area contributed by atoms with Gasteiger partial charge in [-0.1, -0.05) is 54.1 Å². The number of benzene rings is 3. The zero-order chi connectivity index (χ0) is 16.7. The third-order valence-electron chi connectivity index (χ3n) is 4.20. The van der Waals surface area contributed by atoms with E-state index in [1.165, 1.54) is 0 Å². The lowest BCUT2D eigenvalue weighted by molar-refractivity contribution is -0.110. The molecule has 3 aromatic rings. The normalized spacial score (nSPS) is 15.5. The van der Waals surface area contributed by atoms with Crippen molar-refractivity contribution in [3.63, 3.8) is 0 Å². The summed E-state index contributed by atoms with van der Waals surface area (Å²) in [5, 5.41) is 12.1. The van der Waals surface area contributed by atoms with E-state index in [0.717, 1.165) is 21.9 Å². The van der Waals surface area contributed by atoms with E-state index >= 15 is 0 Å². The lowest BCUT2D eigenvalue weighted by Gasteiger charge is -2.16. The maximum absolute atomic E-state index is 12.4. The fraction of sp³-hybridized carbons (Fsp3) is 0.0476. The molecule has 24 heavy (non-hydrogen) atoms. The number of hydrogen-bond acceptors (Lipinski definition) is 3. The average molecular weight is 313 g/mol. The van der Waals surface area contributed by atoms with Crippen molar-refractivity contribution < 1.29 is 9.90 Å². The number of phenolic OH excluding ortho intramolecular Hbond substituents is 1. The number of Topliss-reactive ketones (excluding diaryl/α,β-unsaturated/α-hetero) is 1. The highest BCUT2D eigenvalue weighted by Gasteiger charge is 2.28. The fourth-order valence-electron chi connectivity index (χ4n) is 2.95. The molecule has 0 saturated carbocycles. The van der Waals surface area contributed by atoms with Crippen molar-refractivity contribution in [2.75, 3.05) is 0 Å². The molecule has 0 spiro atoms. The van der Waals surface area contributed by atoms with Gasteiger partial charge in [-0.05, 0) is 35.9 Å². The molecule has 0 fully saturated rings. The van der Waals surface area contributed by atoms with Crippen LogP contribution in [0.4, 0.5) is 0 Å². The number of aryl methyl sites for hydroxylation is 1. The first-order valence-corrected chi connectivity index (χ1v) is 7.76. The first-order valence-electron chi connectivity index (χ1n) is 7.76. The minimum atomic E-state index is -0.0899. The van der Waals surface area contributed by atoms with Crippen LogP contribution in [0.1, 0.15) is 16.7 Å². The van der Waals surface area contributed by atoms with Gasteiger partial charge >= 0.3 is 0 Å². The van der Waals surface area contributed by atoms with Gasteiger partial charge in [0.25, 0.3) is 0 Å². The number of aromatic hydroxyl groups is 1. The first-order chi connectivity index (χ1) is 11.6. The molecule has 1 aliphatic heterocycles. The number of carbonyl (C=O) groups is 1. The van der Waals surface area contributed by atoms with Gasteiger partial charge < -0.3 is 5.11 Å². The van der Waals surface area contributed by atoms with Gasteiger partial charge in [0.05, 0.1) is 0 Å². The molecule has 0 aromatic heterocycles. The number of allylic oxidation sites excluding steroid dienone is 1. The first kappa shape index (κ1) is 14.4. The Hall–Kier alpha value is -3.20. The topological polar surface area (TPSA) is 49.7 Å². The van der Waals surface area contributed by atoms with Crippen LogP contribution in [0.2, 0.25) is 0 Å². The molecule has 0 aliphatic carbocycles. The molecule has 1 heterocycles. The van der Waals surface area contributed by atoms with Gasteiger partial charge in [-0.15, -0.1) is 0 Å². The van der Waals surface area contributed by atoms with Crippen LogP contribution in [0.15, 0.2) is 71.4 Å². The number of phenols is 1. The Labute approximate surface area is 139 Å². The highest BCUT2D eigenvalue weighted by molar-refractivity contribution is 6.57. The predicted octanol–water partition coefficient (Wildman–Crippen LogP) is 4.27. The molecule has 3 nitrogen and oxygen atoms in total. The van der Waals surface area contributed by atoms with Crippen molar-refractivity contribution in [1.82, 2.24) is 0 Å². The van der Waals surface area contributed by atoms with Gasteiger partial charge in [-0.25, -0.2) is 4.99 Å². The van der Waals surface area contributed by atoms with E-state index in [4.69, 9.17) is 0 Å². The lowest BCUT2D eigenvalue weighted by atomic mass is 9.95. The number of nitrogens with zero attached hydrogens (tertiary/aromatic N) is 1. The van der Waals surface area contributed by atoms with Crippen molar-refractivity contribution in [3.8, 4) is 5.75 Å². The predicted molar refractivity (Wildman–Crippen MR) is 96.3 cm³/mol. The van der Waals surface area contributed by atoms with Crippen molar-refractivity contribution in [3.05, 3.63) is 83.1 Å². The molecule has 116 valence electrons. The summed E-state index contributed by atoms with van der Waals surface area (Å²) in [4.78, 5) is 16.8. The molecule has 0 atom stereocenters. The molecule has 3 heteroatoms. The Morgan fingerprint density at radius 1 is 1.00 bits per heavy atom. The van der Waals surface area contributed by atoms with Crippen molar-refractivity contribution in [2.24, 2.45) is 4.99 Å². The SMILES string of the molecule is Cc1cccc(C2=N/C(=C/c3c(O)ccc4ccccc34)C2=O)c1. The van der Waals surface area contributed by atoms with Gasteiger partial charge in [0.15, 0.2) is 0 Å². The quantitative estimate of drug-likeness (QED) is 0.718. The van der Waals surface area contributed by atoms with E-state index in [0.29, 0.717) is 17.0 Å². The van der Waals surface area contributed by atoms with E-state index in [1.807, 2.05) is 61.5 Å². The second kappa shape index (κ2) is 5.46. The summed E-state index contributed by atoms with van der Waals surface area (Å²) in [6.07, 6.45) is 1.67. The van der Waals surface area contributed by atoms with Gasteiger partial charge in [0.2, 0.25) is 5.78 Å². The summed E-state index contributed by atoms with van der Waals surface area (Å²) in [6.45, 7) is 1.98. The van der Waals surface area contributed by atoms with Gasteiger partial charge in [-0.3, -0.25) is 4.79 Å². The second-order valence-corrected chi connectivity index (χ2v) is 5.91. The monoisotopic (exact) mass is 313 g/mol. The van der Waals surface area contributed by atoms with Crippen LogP contribution in [0.5, 0.6) is 5.75 Å². The minimum Gasteiger partial charge on any atom is -0.507 e. The molecule has 0 saturated heterocycles. The summed E-state index contributed by atoms with van der Waals surface area (Å²) < 4.78 is 0. The van der Waals surface area contributed by atoms with Crippen LogP contribution >= 0.6 is 0 Å². The third kappa shape index (κ3) is 2.31. The summed E-state index contributed by atoms with van der Waals surface area (Å²) in [5.41, 5.74) is 3.40. The maximum Gasteiger partial charge on any atom is 0.230 e. The van der Waals surface area contributed by atoms with E-state index < -0.39 is 0 Å². The Kier molecular flexibility index (Phi) is 3.28. The molecule has 1 aliphatic rings. The van der Waals surface area contributed by atoms with Gasteiger partial charge in [-0.2, -0.15) is 0 Å². The van der Waals surface area contributed by atoms with Crippen molar-refractivity contribution in [2.45, 2.75) is 6.92 Å². The van der Waals surface area contributed by atoms with Crippen LogP contribution < -0.4 is 0 Å². The second-order valence-electron chi connectivity index (χ2n) is 5.91. The molecule has 0 unspecified atom stereocenters. The van der Waals surface area contributed by atoms with Gasteiger partial charge in [0.1, 0.15) is 17.2 Å². The molecule has 1 N–H and O–H groups in total. The molecule has 3 aromatic carbocycles. The van der Waals surface area contributed by atoms with E-state index in [9.17, 15) is 9.90 Å². The Morgan fingerprint density at radius 2 is 1.83 bits per heavy atom. The smallest absolute Gasteiger partial charge is 0.230 e. The number of fused-ring (bicyclic) bond motifs is 1. The van der Waals surface area contributed by atoms with E-state index in [1.54, 1.807) is 12.1 Å². The number of ketones is 1. The van der Waals surface area contributed by atoms with Crippen LogP contribution in [-0.2, 0) is 4.79 Å². The highest BCUT2D eigenvalue weighted by atomic mass is 16.3. The third-order valence-corrected chi connectivity index (χ3v) is 4.20. The summed E-state index contributed by atoms with van der Waals surface area (Å²) in [7, 11) is 0. The van der Waals surface area contributed by atoms with Crippen LogP contribution in [-0.4, -0.2) is 16.6 Å². The van der Waals surface area contributed by atoms with Crippen molar-refractivity contribution in [1.29, 1.82) is 0 Å². The van der Waals surface area contributed by atoms with Gasteiger partial charge in [0, 0.05) is 11.1 Å². The van der Waals surface area contributed by atoms with E-state index in [-0.39, 0.29) is 11.5 Å². The molecule has 4 rings (SSSR count). The number of hydrogen-bond donors (Lipinski definition) is 1. The molecule has 0 bridgehead atoms. The largest absolute Gasteiger partial charge is 0.507 e. The number of aliphatic imine (C=N–C) groups is 1. The Bertz CT molecular complexity index is 1040. The summed E-state index contributed by atoms with van der Waals surface area (Å²) >= 11 is 0. The summed E-state index contributed by atoms with van der Waals surface area (Å²) in [5.74, 6) is 0.0566. The zero-order valence-corrected chi connectivity index (χ0v) is 13.2. The van der Waals surface area contributed by atoms with Crippen LogP contribution in [0.3, 0.4) is 0 Å². The fourth-order valence-corrected chi connectivity index (χ4v) is 2.95.